The number of carbonyl (C=O) groups is 1. The first-order valence-electron chi connectivity index (χ1n) is 8.13. The molecule has 10 heteroatoms. The van der Waals surface area contributed by atoms with E-state index in [2.05, 4.69) is 27.1 Å². The number of rotatable bonds is 3. The third-order valence-electron chi connectivity index (χ3n) is 4.68. The van der Waals surface area contributed by atoms with Crippen LogP contribution in [0, 0.1) is 0 Å². The number of halogens is 2. The first-order valence-corrected chi connectivity index (χ1v) is 8.13. The molecule has 8 nitrogen and oxygen atoms in total. The molecule has 4 rings (SSSR count). The van der Waals surface area contributed by atoms with Gasteiger partial charge in [0.2, 0.25) is 5.91 Å². The molecule has 0 radical (unpaired) electrons. The summed E-state index contributed by atoms with van der Waals surface area (Å²) in [6, 6.07) is 10.0. The smallest absolute Gasteiger partial charge is 0.242 e. The predicted octanol–water partition coefficient (Wildman–Crippen LogP) is 1.21. The van der Waals surface area contributed by atoms with E-state index in [1.165, 1.54) is 11.9 Å². The van der Waals surface area contributed by atoms with Crippen LogP contribution in [-0.2, 0) is 11.3 Å². The average Bonchev–Trinajstić information content (AvgIpc) is 3.21. The van der Waals surface area contributed by atoms with Crippen molar-refractivity contribution in [1.29, 1.82) is 0 Å². The monoisotopic (exact) mass is 409 g/mol. The second-order valence-electron chi connectivity index (χ2n) is 6.28. The van der Waals surface area contributed by atoms with Crippen LogP contribution in [0.3, 0.4) is 0 Å². The summed E-state index contributed by atoms with van der Waals surface area (Å²) in [7, 11) is 0. The fourth-order valence-corrected chi connectivity index (χ4v) is 3.35. The van der Waals surface area contributed by atoms with Gasteiger partial charge in [-0.2, -0.15) is 0 Å². The molecule has 0 unspecified atom stereocenters. The molecule has 0 aliphatic carbocycles. The molecule has 4 N–H and O–H groups in total. The van der Waals surface area contributed by atoms with Gasteiger partial charge in [0.1, 0.15) is 18.4 Å². The summed E-state index contributed by atoms with van der Waals surface area (Å²) in [5, 5.41) is 0. The molecule has 1 aliphatic rings. The summed E-state index contributed by atoms with van der Waals surface area (Å²) in [5.41, 5.74) is 14.3. The maximum absolute atomic E-state index is 12.7. The fraction of sp³-hybridized carbons (Fsp3) is 0.294. The van der Waals surface area contributed by atoms with Crippen molar-refractivity contribution in [2.75, 3.05) is 18.8 Å². The van der Waals surface area contributed by atoms with Gasteiger partial charge in [-0.1, -0.05) is 30.3 Å². The summed E-state index contributed by atoms with van der Waals surface area (Å²) in [6.45, 7) is 1.32. The van der Waals surface area contributed by atoms with Crippen LogP contribution < -0.4 is 11.5 Å². The number of hydrogen-bond acceptors (Lipinski definition) is 6. The molecule has 27 heavy (non-hydrogen) atoms. The van der Waals surface area contributed by atoms with Crippen LogP contribution in [0.5, 0.6) is 0 Å². The maximum Gasteiger partial charge on any atom is 0.242 e. The van der Waals surface area contributed by atoms with Crippen molar-refractivity contribution in [3.05, 3.63) is 48.5 Å². The van der Waals surface area contributed by atoms with E-state index in [4.69, 9.17) is 11.5 Å². The van der Waals surface area contributed by atoms with Crippen molar-refractivity contribution >= 4 is 47.7 Å². The predicted molar refractivity (Wildman–Crippen MR) is 108 cm³/mol. The molecule has 2 atom stereocenters. The van der Waals surface area contributed by atoms with E-state index in [9.17, 15) is 4.79 Å². The van der Waals surface area contributed by atoms with Crippen LogP contribution in [0.1, 0.15) is 11.5 Å². The Morgan fingerprint density at radius 2 is 1.85 bits per heavy atom. The number of fused-ring (bicyclic) bond motifs is 1. The number of benzene rings is 1. The second kappa shape index (κ2) is 8.51. The van der Waals surface area contributed by atoms with Crippen LogP contribution in [0.15, 0.2) is 43.0 Å². The van der Waals surface area contributed by atoms with Crippen molar-refractivity contribution in [2.45, 2.75) is 18.5 Å². The Morgan fingerprint density at radius 3 is 2.59 bits per heavy atom. The van der Waals surface area contributed by atoms with Crippen molar-refractivity contribution in [2.24, 2.45) is 5.73 Å². The quantitative estimate of drug-likeness (QED) is 0.671. The second-order valence-corrected chi connectivity index (χ2v) is 6.28. The Balaban J connectivity index is 0.00000131. The Labute approximate surface area is 168 Å². The molecule has 0 spiro atoms. The summed E-state index contributed by atoms with van der Waals surface area (Å²) in [4.78, 5) is 26.8. The molecule has 1 fully saturated rings. The molecule has 3 heterocycles. The van der Waals surface area contributed by atoms with Crippen LogP contribution in [0.25, 0.3) is 11.2 Å². The zero-order valence-electron chi connectivity index (χ0n) is 14.4. The highest BCUT2D eigenvalue weighted by Gasteiger charge is 2.33. The van der Waals surface area contributed by atoms with Gasteiger partial charge >= 0.3 is 0 Å². The number of nitrogen functional groups attached to an aromatic ring is 1. The van der Waals surface area contributed by atoms with Gasteiger partial charge in [0, 0.05) is 25.0 Å². The average molecular weight is 410 g/mol. The van der Waals surface area contributed by atoms with E-state index < -0.39 is 0 Å². The summed E-state index contributed by atoms with van der Waals surface area (Å²) in [6.07, 6.45) is 2.94. The third-order valence-corrected chi connectivity index (χ3v) is 4.68. The highest BCUT2D eigenvalue weighted by atomic mass is 35.5. The Hall–Kier alpha value is -2.42. The number of amides is 1. The van der Waals surface area contributed by atoms with E-state index in [0.29, 0.717) is 30.1 Å². The molecular formula is C17H21Cl2N7O. The van der Waals surface area contributed by atoms with E-state index in [1.54, 1.807) is 15.8 Å². The number of nitrogens with two attached hydrogens (primary N) is 2. The van der Waals surface area contributed by atoms with Crippen molar-refractivity contribution < 1.29 is 4.79 Å². The maximum atomic E-state index is 12.7. The Morgan fingerprint density at radius 1 is 1.11 bits per heavy atom. The number of imidazole rings is 1. The van der Waals surface area contributed by atoms with Crippen molar-refractivity contribution in [1.82, 2.24) is 24.4 Å². The number of nitrogens with zero attached hydrogens (tertiary/aromatic N) is 5. The minimum atomic E-state index is -0.0659. The van der Waals surface area contributed by atoms with Gasteiger partial charge in [-0.3, -0.25) is 4.79 Å². The third kappa shape index (κ3) is 3.97. The zero-order valence-corrected chi connectivity index (χ0v) is 16.1. The first kappa shape index (κ1) is 20.9. The number of carbonyl (C=O) groups excluding carboxylic acids is 1. The number of hydrogen-bond donors (Lipinski definition) is 2. The molecule has 144 valence electrons. The van der Waals surface area contributed by atoms with Crippen molar-refractivity contribution in [3.8, 4) is 0 Å². The molecule has 1 aliphatic heterocycles. The Bertz CT molecular complexity index is 918. The van der Waals surface area contributed by atoms with Crippen LogP contribution in [0.4, 0.5) is 5.82 Å². The zero-order chi connectivity index (χ0) is 17.4. The molecule has 1 saturated heterocycles. The van der Waals surface area contributed by atoms with Gasteiger partial charge in [-0.05, 0) is 5.56 Å². The molecule has 0 saturated carbocycles. The minimum absolute atomic E-state index is 0. The van der Waals surface area contributed by atoms with Crippen LogP contribution in [-0.4, -0.2) is 49.5 Å². The van der Waals surface area contributed by atoms with E-state index in [0.717, 1.165) is 0 Å². The summed E-state index contributed by atoms with van der Waals surface area (Å²) in [5.74, 6) is 0.455. The minimum Gasteiger partial charge on any atom is -0.382 e. The van der Waals surface area contributed by atoms with Crippen molar-refractivity contribution in [3.63, 3.8) is 0 Å². The molecule has 1 amide bonds. The van der Waals surface area contributed by atoms with Crippen LogP contribution >= 0.6 is 24.8 Å². The lowest BCUT2D eigenvalue weighted by molar-refractivity contribution is -0.130. The largest absolute Gasteiger partial charge is 0.382 e. The van der Waals surface area contributed by atoms with Gasteiger partial charge < -0.3 is 20.9 Å². The summed E-state index contributed by atoms with van der Waals surface area (Å²) >= 11 is 0. The number of likely N-dealkylation sites (tertiary alicyclic amines) is 1. The standard InChI is InChI=1S/C17H19N7O.2ClH/c18-13-7-23(6-12(13)11-4-2-1-3-5-11)14(25)8-24-10-22-15-16(19)20-9-21-17(15)24;;/h1-5,9-10,12-13H,6-8,18H2,(H2,19,20,21);2*1H/t12-,13+;;/m0../s1. The van der Waals surface area contributed by atoms with Gasteiger partial charge in [0.05, 0.1) is 6.33 Å². The van der Waals surface area contributed by atoms with Gasteiger partial charge in [0.25, 0.3) is 0 Å². The fourth-order valence-electron chi connectivity index (χ4n) is 3.35. The van der Waals surface area contributed by atoms with Gasteiger partial charge in [-0.25, -0.2) is 15.0 Å². The highest BCUT2D eigenvalue weighted by molar-refractivity contribution is 5.86. The van der Waals surface area contributed by atoms with Gasteiger partial charge in [0.15, 0.2) is 11.5 Å². The number of aromatic nitrogens is 4. The van der Waals surface area contributed by atoms with Crippen LogP contribution in [0.2, 0.25) is 0 Å². The number of anilines is 1. The van der Waals surface area contributed by atoms with E-state index in [-0.39, 0.29) is 49.2 Å². The molecule has 2 aromatic heterocycles. The highest BCUT2D eigenvalue weighted by Crippen LogP contribution is 2.26. The van der Waals surface area contributed by atoms with E-state index in [1.807, 2.05) is 18.2 Å². The molecule has 3 aromatic rings. The first-order chi connectivity index (χ1) is 12.1. The molecule has 0 bridgehead atoms. The molecular weight excluding hydrogens is 389 g/mol. The Kier molecular flexibility index (Phi) is 6.59. The molecule has 1 aromatic carbocycles. The normalized spacial score (nSPS) is 18.8. The SMILES string of the molecule is Cl.Cl.Nc1ncnc2c1ncn2CC(=O)N1C[C@@H](N)[C@H](c2ccccc2)C1. The topological polar surface area (TPSA) is 116 Å². The lowest BCUT2D eigenvalue weighted by Gasteiger charge is -2.17. The van der Waals surface area contributed by atoms with Gasteiger partial charge in [-0.15, -0.1) is 24.8 Å². The van der Waals surface area contributed by atoms with E-state index >= 15 is 0 Å². The summed E-state index contributed by atoms with van der Waals surface area (Å²) < 4.78 is 1.69. The lowest BCUT2D eigenvalue weighted by atomic mass is 9.95. The lowest BCUT2D eigenvalue weighted by Crippen LogP contribution is -2.34.